The number of aryl methyl sites for hydroxylation is 1. The maximum absolute atomic E-state index is 12.4. The van der Waals surface area contributed by atoms with Gasteiger partial charge in [-0.25, -0.2) is 0 Å². The molecule has 0 saturated carbocycles. The second kappa shape index (κ2) is 5.83. The number of ether oxygens (including phenoxy) is 1. The number of carbonyl (C=O) groups excluding carboxylic acids is 1. The number of benzene rings is 1. The molecule has 0 spiro atoms. The second-order valence-corrected chi connectivity index (χ2v) is 6.10. The van der Waals surface area contributed by atoms with Gasteiger partial charge in [0.2, 0.25) is 0 Å². The van der Waals surface area contributed by atoms with Gasteiger partial charge in [-0.15, -0.1) is 0 Å². The maximum Gasteiger partial charge on any atom is 0.263 e. The minimum Gasteiger partial charge on any atom is -0.481 e. The first-order chi connectivity index (χ1) is 9.43. The molecule has 2 N–H and O–H groups in total. The SMILES string of the molecule is Cc1ccc(OC(C)C(=O)N2CCC(C)(CN)C2)cc1. The first-order valence-electron chi connectivity index (χ1n) is 7.16. The summed E-state index contributed by atoms with van der Waals surface area (Å²) in [7, 11) is 0. The van der Waals surface area contributed by atoms with Gasteiger partial charge < -0.3 is 15.4 Å². The molecule has 0 radical (unpaired) electrons. The summed E-state index contributed by atoms with van der Waals surface area (Å²) in [5, 5.41) is 0. The van der Waals surface area contributed by atoms with Gasteiger partial charge in [0.05, 0.1) is 0 Å². The van der Waals surface area contributed by atoms with E-state index in [2.05, 4.69) is 6.92 Å². The third kappa shape index (κ3) is 3.31. The molecule has 0 aromatic heterocycles. The van der Waals surface area contributed by atoms with Crippen molar-refractivity contribution in [1.29, 1.82) is 0 Å². The van der Waals surface area contributed by atoms with Gasteiger partial charge >= 0.3 is 0 Å². The average molecular weight is 276 g/mol. The number of amides is 1. The second-order valence-electron chi connectivity index (χ2n) is 6.10. The monoisotopic (exact) mass is 276 g/mol. The number of rotatable bonds is 4. The van der Waals surface area contributed by atoms with E-state index in [-0.39, 0.29) is 11.3 Å². The molecule has 110 valence electrons. The zero-order chi connectivity index (χ0) is 14.8. The molecule has 1 aliphatic rings. The lowest BCUT2D eigenvalue weighted by Gasteiger charge is -2.25. The predicted octanol–water partition coefficient (Wildman–Crippen LogP) is 1.96. The first-order valence-corrected chi connectivity index (χ1v) is 7.16. The van der Waals surface area contributed by atoms with Crippen molar-refractivity contribution in [1.82, 2.24) is 4.90 Å². The van der Waals surface area contributed by atoms with Crippen molar-refractivity contribution in [3.63, 3.8) is 0 Å². The molecule has 0 aliphatic carbocycles. The predicted molar refractivity (Wildman–Crippen MR) is 79.6 cm³/mol. The van der Waals surface area contributed by atoms with E-state index in [1.165, 1.54) is 5.56 Å². The summed E-state index contributed by atoms with van der Waals surface area (Å²) in [6, 6.07) is 7.75. The smallest absolute Gasteiger partial charge is 0.263 e. The molecule has 2 atom stereocenters. The van der Waals surface area contributed by atoms with Crippen LogP contribution in [-0.4, -0.2) is 36.5 Å². The van der Waals surface area contributed by atoms with E-state index < -0.39 is 6.10 Å². The minimum absolute atomic E-state index is 0.0442. The quantitative estimate of drug-likeness (QED) is 0.914. The lowest BCUT2D eigenvalue weighted by Crippen LogP contribution is -2.41. The van der Waals surface area contributed by atoms with Gasteiger partial charge in [-0.05, 0) is 44.4 Å². The van der Waals surface area contributed by atoms with E-state index in [0.29, 0.717) is 6.54 Å². The van der Waals surface area contributed by atoms with Crippen molar-refractivity contribution in [3.8, 4) is 5.75 Å². The maximum atomic E-state index is 12.4. The van der Waals surface area contributed by atoms with Crippen LogP contribution in [0, 0.1) is 12.3 Å². The number of likely N-dealkylation sites (tertiary alicyclic amines) is 1. The van der Waals surface area contributed by atoms with Crippen LogP contribution >= 0.6 is 0 Å². The van der Waals surface area contributed by atoms with Gasteiger partial charge in [0.25, 0.3) is 5.91 Å². The van der Waals surface area contributed by atoms with Crippen LogP contribution in [0.25, 0.3) is 0 Å². The highest BCUT2D eigenvalue weighted by atomic mass is 16.5. The fourth-order valence-corrected chi connectivity index (χ4v) is 2.51. The summed E-state index contributed by atoms with van der Waals surface area (Å²) >= 11 is 0. The molecule has 1 heterocycles. The molecular weight excluding hydrogens is 252 g/mol. The fraction of sp³-hybridized carbons (Fsp3) is 0.562. The highest BCUT2D eigenvalue weighted by molar-refractivity contribution is 5.81. The topological polar surface area (TPSA) is 55.6 Å². The fourth-order valence-electron chi connectivity index (χ4n) is 2.51. The Hall–Kier alpha value is -1.55. The first kappa shape index (κ1) is 14.9. The molecule has 1 aromatic carbocycles. The van der Waals surface area contributed by atoms with Gasteiger partial charge in [0.1, 0.15) is 5.75 Å². The summed E-state index contributed by atoms with van der Waals surface area (Å²) in [6.45, 7) is 8.07. The Morgan fingerprint density at radius 2 is 2.10 bits per heavy atom. The van der Waals surface area contributed by atoms with E-state index in [4.69, 9.17) is 10.5 Å². The highest BCUT2D eigenvalue weighted by Crippen LogP contribution is 2.29. The van der Waals surface area contributed by atoms with E-state index in [1.54, 1.807) is 6.92 Å². The van der Waals surface area contributed by atoms with Gasteiger partial charge in [-0.3, -0.25) is 4.79 Å². The molecular formula is C16H24N2O2. The molecule has 1 fully saturated rings. The van der Waals surface area contributed by atoms with Crippen molar-refractivity contribution >= 4 is 5.91 Å². The van der Waals surface area contributed by atoms with Gasteiger partial charge in [0.15, 0.2) is 6.10 Å². The van der Waals surface area contributed by atoms with E-state index in [0.717, 1.165) is 25.3 Å². The van der Waals surface area contributed by atoms with Crippen LogP contribution < -0.4 is 10.5 Å². The number of hydrogen-bond acceptors (Lipinski definition) is 3. The molecule has 0 bridgehead atoms. The van der Waals surface area contributed by atoms with Crippen molar-refractivity contribution in [3.05, 3.63) is 29.8 Å². The van der Waals surface area contributed by atoms with E-state index in [1.807, 2.05) is 36.1 Å². The van der Waals surface area contributed by atoms with Crippen molar-refractivity contribution < 1.29 is 9.53 Å². The summed E-state index contributed by atoms with van der Waals surface area (Å²) in [6.07, 6.45) is 0.504. The third-order valence-electron chi connectivity index (χ3n) is 4.04. The van der Waals surface area contributed by atoms with Crippen LogP contribution in [0.3, 0.4) is 0 Å². The molecule has 4 nitrogen and oxygen atoms in total. The van der Waals surface area contributed by atoms with E-state index in [9.17, 15) is 4.79 Å². The van der Waals surface area contributed by atoms with Crippen molar-refractivity contribution in [2.45, 2.75) is 33.3 Å². The molecule has 1 amide bonds. The van der Waals surface area contributed by atoms with Gasteiger partial charge in [0, 0.05) is 13.1 Å². The summed E-state index contributed by atoms with van der Waals surface area (Å²) in [5.41, 5.74) is 7.01. The van der Waals surface area contributed by atoms with E-state index >= 15 is 0 Å². The van der Waals surface area contributed by atoms with Crippen LogP contribution in [0.2, 0.25) is 0 Å². The van der Waals surface area contributed by atoms with Crippen molar-refractivity contribution in [2.24, 2.45) is 11.1 Å². The van der Waals surface area contributed by atoms with Crippen LogP contribution in [-0.2, 0) is 4.79 Å². The Bertz CT molecular complexity index is 472. The number of hydrogen-bond donors (Lipinski definition) is 1. The number of nitrogens with two attached hydrogens (primary N) is 1. The lowest BCUT2D eigenvalue weighted by atomic mass is 9.90. The molecule has 1 saturated heterocycles. The summed E-state index contributed by atoms with van der Waals surface area (Å²) in [4.78, 5) is 14.2. The Labute approximate surface area is 120 Å². The average Bonchev–Trinajstić information content (AvgIpc) is 2.84. The lowest BCUT2D eigenvalue weighted by molar-refractivity contribution is -0.137. The van der Waals surface area contributed by atoms with Crippen LogP contribution in [0.1, 0.15) is 25.8 Å². The van der Waals surface area contributed by atoms with Crippen molar-refractivity contribution in [2.75, 3.05) is 19.6 Å². The minimum atomic E-state index is -0.460. The Kier molecular flexibility index (Phi) is 4.33. The third-order valence-corrected chi connectivity index (χ3v) is 4.04. The van der Waals surface area contributed by atoms with Crippen LogP contribution in [0.4, 0.5) is 0 Å². The Balaban J connectivity index is 1.94. The van der Waals surface area contributed by atoms with Gasteiger partial charge in [-0.2, -0.15) is 0 Å². The summed E-state index contributed by atoms with van der Waals surface area (Å²) in [5.74, 6) is 0.778. The number of nitrogens with zero attached hydrogens (tertiary/aromatic N) is 1. The zero-order valence-electron chi connectivity index (χ0n) is 12.6. The normalized spacial score (nSPS) is 23.7. The van der Waals surface area contributed by atoms with Crippen LogP contribution in [0.15, 0.2) is 24.3 Å². The molecule has 2 unspecified atom stereocenters. The zero-order valence-corrected chi connectivity index (χ0v) is 12.6. The largest absolute Gasteiger partial charge is 0.481 e. The Morgan fingerprint density at radius 1 is 1.45 bits per heavy atom. The van der Waals surface area contributed by atoms with Gasteiger partial charge in [-0.1, -0.05) is 24.6 Å². The summed E-state index contributed by atoms with van der Waals surface area (Å²) < 4.78 is 5.72. The molecule has 1 aliphatic heterocycles. The number of carbonyl (C=O) groups is 1. The molecule has 1 aromatic rings. The standard InChI is InChI=1S/C16H24N2O2/c1-12-4-6-14(7-5-12)20-13(2)15(19)18-9-8-16(3,10-17)11-18/h4-7,13H,8-11,17H2,1-3H3. The molecule has 2 rings (SSSR count). The molecule has 4 heteroatoms. The molecule has 20 heavy (non-hydrogen) atoms. The highest BCUT2D eigenvalue weighted by Gasteiger charge is 2.36. The Morgan fingerprint density at radius 3 is 2.65 bits per heavy atom. The van der Waals surface area contributed by atoms with Crippen LogP contribution in [0.5, 0.6) is 5.75 Å².